The first-order valence-corrected chi connectivity index (χ1v) is 7.75. The standard InChI is InChI=1S/C18H21ClFN/c1-3-5-18(14-8-10-16(19)11-9-14)21-13(2)15-6-4-7-17(20)12-15/h4,6-13,18,21H,3,5H2,1-2H3/t13-,18?/m0/s1. The third kappa shape index (κ3) is 4.55. The highest BCUT2D eigenvalue weighted by Crippen LogP contribution is 2.25. The molecule has 0 saturated carbocycles. The second-order valence-corrected chi connectivity index (χ2v) is 5.77. The molecule has 2 atom stereocenters. The van der Waals surface area contributed by atoms with Crippen molar-refractivity contribution < 1.29 is 4.39 Å². The van der Waals surface area contributed by atoms with Crippen molar-refractivity contribution in [3.8, 4) is 0 Å². The number of hydrogen-bond acceptors (Lipinski definition) is 1. The van der Waals surface area contributed by atoms with E-state index in [0.717, 1.165) is 23.4 Å². The molecule has 1 unspecified atom stereocenters. The Bertz CT molecular complexity index is 568. The first-order valence-electron chi connectivity index (χ1n) is 7.37. The number of halogens is 2. The third-order valence-corrected chi connectivity index (χ3v) is 3.90. The summed E-state index contributed by atoms with van der Waals surface area (Å²) in [5.41, 5.74) is 2.18. The molecule has 0 spiro atoms. The van der Waals surface area contributed by atoms with Crippen molar-refractivity contribution in [2.24, 2.45) is 0 Å². The molecular weight excluding hydrogens is 285 g/mol. The van der Waals surface area contributed by atoms with E-state index in [2.05, 4.69) is 19.2 Å². The van der Waals surface area contributed by atoms with Crippen LogP contribution in [-0.4, -0.2) is 0 Å². The van der Waals surface area contributed by atoms with Gasteiger partial charge in [0.2, 0.25) is 0 Å². The van der Waals surface area contributed by atoms with Crippen LogP contribution >= 0.6 is 11.6 Å². The fraction of sp³-hybridized carbons (Fsp3) is 0.333. The Labute approximate surface area is 131 Å². The summed E-state index contributed by atoms with van der Waals surface area (Å²) in [6.45, 7) is 4.23. The molecule has 0 fully saturated rings. The molecule has 0 heterocycles. The lowest BCUT2D eigenvalue weighted by atomic mass is 9.99. The summed E-state index contributed by atoms with van der Waals surface area (Å²) < 4.78 is 13.3. The van der Waals surface area contributed by atoms with Gasteiger partial charge in [-0.3, -0.25) is 0 Å². The van der Waals surface area contributed by atoms with E-state index >= 15 is 0 Å². The largest absolute Gasteiger partial charge is 0.303 e. The van der Waals surface area contributed by atoms with Gasteiger partial charge in [0.05, 0.1) is 0 Å². The predicted octanol–water partition coefficient (Wildman–Crippen LogP) is 5.67. The van der Waals surface area contributed by atoms with Crippen molar-refractivity contribution >= 4 is 11.6 Å². The average molecular weight is 306 g/mol. The predicted molar refractivity (Wildman–Crippen MR) is 87.1 cm³/mol. The fourth-order valence-electron chi connectivity index (χ4n) is 2.50. The van der Waals surface area contributed by atoms with Crippen molar-refractivity contribution in [3.05, 3.63) is 70.5 Å². The molecule has 0 aliphatic carbocycles. The van der Waals surface area contributed by atoms with Gasteiger partial charge in [-0.2, -0.15) is 0 Å². The van der Waals surface area contributed by atoms with Gasteiger partial charge < -0.3 is 5.32 Å². The van der Waals surface area contributed by atoms with Crippen molar-refractivity contribution in [1.29, 1.82) is 0 Å². The zero-order valence-electron chi connectivity index (χ0n) is 12.4. The zero-order valence-corrected chi connectivity index (χ0v) is 13.2. The van der Waals surface area contributed by atoms with E-state index in [9.17, 15) is 4.39 Å². The molecular formula is C18H21ClFN. The Kier molecular flexibility index (Phi) is 5.77. The summed E-state index contributed by atoms with van der Waals surface area (Å²) >= 11 is 5.95. The first-order chi connectivity index (χ1) is 10.1. The SMILES string of the molecule is CCCC(N[C@@H](C)c1cccc(F)c1)c1ccc(Cl)cc1. The van der Waals surface area contributed by atoms with Crippen LogP contribution in [0.1, 0.15) is 49.9 Å². The Morgan fingerprint density at radius 1 is 1.10 bits per heavy atom. The number of nitrogens with one attached hydrogen (secondary N) is 1. The molecule has 21 heavy (non-hydrogen) atoms. The molecule has 2 aromatic rings. The molecule has 0 bridgehead atoms. The molecule has 2 rings (SSSR count). The van der Waals surface area contributed by atoms with Gasteiger partial charge in [-0.05, 0) is 48.7 Å². The molecule has 0 radical (unpaired) electrons. The molecule has 0 amide bonds. The average Bonchev–Trinajstić information content (AvgIpc) is 2.47. The van der Waals surface area contributed by atoms with Gasteiger partial charge in [0, 0.05) is 17.1 Å². The molecule has 3 heteroatoms. The Hall–Kier alpha value is -1.38. The van der Waals surface area contributed by atoms with Crippen LogP contribution in [0.5, 0.6) is 0 Å². The lowest BCUT2D eigenvalue weighted by molar-refractivity contribution is 0.438. The quantitative estimate of drug-likeness (QED) is 0.725. The number of hydrogen-bond donors (Lipinski definition) is 1. The summed E-state index contributed by atoms with van der Waals surface area (Å²) in [6.07, 6.45) is 2.11. The van der Waals surface area contributed by atoms with Crippen LogP contribution in [-0.2, 0) is 0 Å². The number of rotatable bonds is 6. The lowest BCUT2D eigenvalue weighted by Gasteiger charge is -2.24. The van der Waals surface area contributed by atoms with Crippen LogP contribution in [0.4, 0.5) is 4.39 Å². The van der Waals surface area contributed by atoms with E-state index < -0.39 is 0 Å². The summed E-state index contributed by atoms with van der Waals surface area (Å²) in [7, 11) is 0. The van der Waals surface area contributed by atoms with Crippen LogP contribution in [0.25, 0.3) is 0 Å². The summed E-state index contributed by atoms with van der Waals surface area (Å²) in [5.74, 6) is -0.195. The zero-order chi connectivity index (χ0) is 15.2. The number of benzene rings is 2. The van der Waals surface area contributed by atoms with Gasteiger partial charge in [-0.25, -0.2) is 4.39 Å². The molecule has 1 N–H and O–H groups in total. The molecule has 112 valence electrons. The van der Waals surface area contributed by atoms with Crippen LogP contribution in [0.3, 0.4) is 0 Å². The van der Waals surface area contributed by atoms with E-state index in [1.165, 1.54) is 11.6 Å². The van der Waals surface area contributed by atoms with Crippen LogP contribution in [0.2, 0.25) is 5.02 Å². The summed E-state index contributed by atoms with van der Waals surface area (Å²) in [4.78, 5) is 0. The van der Waals surface area contributed by atoms with Crippen molar-refractivity contribution in [2.75, 3.05) is 0 Å². The van der Waals surface area contributed by atoms with Crippen molar-refractivity contribution in [2.45, 2.75) is 38.8 Å². The maximum atomic E-state index is 13.3. The lowest BCUT2D eigenvalue weighted by Crippen LogP contribution is -2.24. The Morgan fingerprint density at radius 2 is 1.81 bits per heavy atom. The van der Waals surface area contributed by atoms with Gasteiger partial charge in [-0.15, -0.1) is 0 Å². The van der Waals surface area contributed by atoms with E-state index in [1.807, 2.05) is 30.3 Å². The minimum absolute atomic E-state index is 0.0907. The van der Waals surface area contributed by atoms with Gasteiger partial charge in [-0.1, -0.05) is 49.2 Å². The highest BCUT2D eigenvalue weighted by molar-refractivity contribution is 6.30. The van der Waals surface area contributed by atoms with E-state index in [4.69, 9.17) is 11.6 Å². The van der Waals surface area contributed by atoms with Gasteiger partial charge in [0.15, 0.2) is 0 Å². The molecule has 0 saturated heterocycles. The highest BCUT2D eigenvalue weighted by atomic mass is 35.5. The summed E-state index contributed by atoms with van der Waals surface area (Å²) in [5, 5.41) is 4.33. The maximum absolute atomic E-state index is 13.3. The summed E-state index contributed by atoms with van der Waals surface area (Å²) in [6, 6.07) is 15.0. The Morgan fingerprint density at radius 3 is 2.43 bits per heavy atom. The van der Waals surface area contributed by atoms with Gasteiger partial charge in [0.1, 0.15) is 5.82 Å². The monoisotopic (exact) mass is 305 g/mol. The van der Waals surface area contributed by atoms with Crippen LogP contribution < -0.4 is 5.32 Å². The first kappa shape index (κ1) is 16.0. The van der Waals surface area contributed by atoms with Gasteiger partial charge >= 0.3 is 0 Å². The Balaban J connectivity index is 2.14. The molecule has 1 nitrogen and oxygen atoms in total. The van der Waals surface area contributed by atoms with Crippen LogP contribution in [0, 0.1) is 5.82 Å². The normalized spacial score (nSPS) is 13.9. The second-order valence-electron chi connectivity index (χ2n) is 5.34. The highest BCUT2D eigenvalue weighted by Gasteiger charge is 2.15. The van der Waals surface area contributed by atoms with Crippen molar-refractivity contribution in [3.63, 3.8) is 0 Å². The van der Waals surface area contributed by atoms with Gasteiger partial charge in [0.25, 0.3) is 0 Å². The second kappa shape index (κ2) is 7.58. The third-order valence-electron chi connectivity index (χ3n) is 3.65. The molecule has 2 aromatic carbocycles. The molecule has 0 aromatic heterocycles. The topological polar surface area (TPSA) is 12.0 Å². The van der Waals surface area contributed by atoms with Crippen LogP contribution in [0.15, 0.2) is 48.5 Å². The van der Waals surface area contributed by atoms with E-state index in [0.29, 0.717) is 0 Å². The minimum Gasteiger partial charge on any atom is -0.303 e. The minimum atomic E-state index is -0.195. The molecule has 0 aliphatic rings. The smallest absolute Gasteiger partial charge is 0.123 e. The van der Waals surface area contributed by atoms with Crippen molar-refractivity contribution in [1.82, 2.24) is 5.32 Å². The van der Waals surface area contributed by atoms with E-state index in [-0.39, 0.29) is 17.9 Å². The molecule has 0 aliphatic heterocycles. The fourth-order valence-corrected chi connectivity index (χ4v) is 2.63. The van der Waals surface area contributed by atoms with E-state index in [1.54, 1.807) is 12.1 Å². The maximum Gasteiger partial charge on any atom is 0.123 e.